The van der Waals surface area contributed by atoms with Crippen LogP contribution in [-0.2, 0) is 9.53 Å². The molecule has 18 heavy (non-hydrogen) atoms. The smallest absolute Gasteiger partial charge is 0.337 e. The Morgan fingerprint density at radius 3 is 3.11 bits per heavy atom. The number of hydrogen-bond acceptors (Lipinski definition) is 3. The van der Waals surface area contributed by atoms with Crippen LogP contribution >= 0.6 is 0 Å². The Labute approximate surface area is 104 Å². The second kappa shape index (κ2) is 4.07. The summed E-state index contributed by atoms with van der Waals surface area (Å²) in [5.41, 5.74) is 2.26. The van der Waals surface area contributed by atoms with Crippen LogP contribution in [0.4, 0.5) is 0 Å². The molecule has 0 saturated heterocycles. The second-order valence-corrected chi connectivity index (χ2v) is 4.06. The predicted molar refractivity (Wildman–Crippen MR) is 65.8 cm³/mol. The van der Waals surface area contributed by atoms with Gasteiger partial charge in [-0.15, -0.1) is 0 Å². The van der Waals surface area contributed by atoms with Crippen molar-refractivity contribution in [3.63, 3.8) is 0 Å². The van der Waals surface area contributed by atoms with Gasteiger partial charge in [-0.1, -0.05) is 12.2 Å². The van der Waals surface area contributed by atoms with Crippen molar-refractivity contribution in [3.8, 4) is 0 Å². The minimum absolute atomic E-state index is 0.253. The average Bonchev–Trinajstić information content (AvgIpc) is 2.57. The number of carbonyl (C=O) groups is 1. The lowest BCUT2D eigenvalue weighted by Gasteiger charge is -2.23. The van der Waals surface area contributed by atoms with Gasteiger partial charge in [-0.25, -0.2) is 4.79 Å². The van der Waals surface area contributed by atoms with Gasteiger partial charge in [-0.3, -0.25) is 0 Å². The first kappa shape index (κ1) is 10.7. The van der Waals surface area contributed by atoms with E-state index in [1.807, 2.05) is 24.3 Å². The molecule has 0 radical (unpaired) electrons. The zero-order valence-electron chi connectivity index (χ0n) is 9.54. The van der Waals surface area contributed by atoms with Gasteiger partial charge in [-0.2, -0.15) is 0 Å². The van der Waals surface area contributed by atoms with E-state index in [1.165, 1.54) is 0 Å². The van der Waals surface area contributed by atoms with Crippen molar-refractivity contribution < 1.29 is 14.6 Å². The topological polar surface area (TPSA) is 49.8 Å². The largest absolute Gasteiger partial charge is 0.478 e. The summed E-state index contributed by atoms with van der Waals surface area (Å²) in [5.74, 6) is -0.128. The summed E-state index contributed by atoms with van der Waals surface area (Å²) in [6, 6.07) is 0. The molecule has 0 aromatic rings. The Balaban J connectivity index is 2.08. The van der Waals surface area contributed by atoms with Gasteiger partial charge in [0.25, 0.3) is 0 Å². The van der Waals surface area contributed by atoms with Crippen molar-refractivity contribution in [2.45, 2.75) is 6.42 Å². The number of rotatable bonds is 1. The maximum atomic E-state index is 11.0. The molecule has 2 heterocycles. The lowest BCUT2D eigenvalue weighted by molar-refractivity contribution is -0.132. The van der Waals surface area contributed by atoms with Crippen LogP contribution in [0.2, 0.25) is 0 Å². The Hall–Kier alpha value is -2.49. The molecule has 0 saturated carbocycles. The monoisotopic (exact) mass is 241 g/mol. The van der Waals surface area contributed by atoms with E-state index in [0.29, 0.717) is 0 Å². The van der Waals surface area contributed by atoms with E-state index in [1.54, 1.807) is 29.6 Å². The molecule has 1 aliphatic carbocycles. The molecule has 0 atom stereocenters. The number of fused-ring (bicyclic) bond motifs is 2. The van der Waals surface area contributed by atoms with Crippen molar-refractivity contribution in [2.24, 2.45) is 0 Å². The van der Waals surface area contributed by atoms with Crippen LogP contribution in [0, 0.1) is 0 Å². The van der Waals surface area contributed by atoms with E-state index in [-0.39, 0.29) is 5.57 Å². The number of ether oxygens (including phenoxy) is 1. The Kier molecular flexibility index (Phi) is 2.41. The zero-order chi connectivity index (χ0) is 12.5. The molecule has 3 rings (SSSR count). The van der Waals surface area contributed by atoms with Crippen LogP contribution in [0.3, 0.4) is 0 Å². The van der Waals surface area contributed by atoms with Gasteiger partial charge in [0.15, 0.2) is 0 Å². The van der Waals surface area contributed by atoms with Crippen molar-refractivity contribution >= 4 is 5.97 Å². The summed E-state index contributed by atoms with van der Waals surface area (Å²) in [6.45, 7) is 0. The quantitative estimate of drug-likeness (QED) is 0.766. The summed E-state index contributed by atoms with van der Waals surface area (Å²) < 4.78 is 5.51. The molecule has 0 amide bonds. The summed E-state index contributed by atoms with van der Waals surface area (Å²) >= 11 is 0. The number of aliphatic carboxylic acids is 1. The Morgan fingerprint density at radius 1 is 1.39 bits per heavy atom. The van der Waals surface area contributed by atoms with Crippen molar-refractivity contribution in [2.75, 3.05) is 0 Å². The fourth-order valence-electron chi connectivity index (χ4n) is 2.08. The lowest BCUT2D eigenvalue weighted by atomic mass is 10.0. The SMILES string of the molecule is O=C(O)C1=CN2C=COC3=CC=CCC3=C2C=C1. The number of carboxylic acid groups (broad SMARTS) is 1. The first-order chi connectivity index (χ1) is 8.75. The molecule has 0 fully saturated rings. The third kappa shape index (κ3) is 1.68. The molecular formula is C14H11NO3. The van der Waals surface area contributed by atoms with E-state index in [0.717, 1.165) is 23.5 Å². The van der Waals surface area contributed by atoms with E-state index < -0.39 is 5.97 Å². The van der Waals surface area contributed by atoms with Crippen LogP contribution in [0.15, 0.2) is 71.6 Å². The van der Waals surface area contributed by atoms with Crippen molar-refractivity contribution in [1.82, 2.24) is 4.90 Å². The highest BCUT2D eigenvalue weighted by atomic mass is 16.5. The summed E-state index contributed by atoms with van der Waals surface area (Å²) in [7, 11) is 0. The highest BCUT2D eigenvalue weighted by Gasteiger charge is 2.21. The van der Waals surface area contributed by atoms with Gasteiger partial charge in [0.2, 0.25) is 0 Å². The maximum absolute atomic E-state index is 11.0. The molecule has 3 aliphatic rings. The highest BCUT2D eigenvalue weighted by Crippen LogP contribution is 2.32. The molecule has 0 unspecified atom stereocenters. The predicted octanol–water partition coefficient (Wildman–Crippen LogP) is 2.43. The van der Waals surface area contributed by atoms with Gasteiger partial charge in [0, 0.05) is 18.0 Å². The molecule has 1 N–H and O–H groups in total. The lowest BCUT2D eigenvalue weighted by Crippen LogP contribution is -2.16. The van der Waals surface area contributed by atoms with E-state index in [2.05, 4.69) is 0 Å². The molecule has 0 aromatic heterocycles. The van der Waals surface area contributed by atoms with Gasteiger partial charge >= 0.3 is 5.97 Å². The second-order valence-electron chi connectivity index (χ2n) is 4.06. The molecule has 4 nitrogen and oxygen atoms in total. The maximum Gasteiger partial charge on any atom is 0.337 e. The van der Waals surface area contributed by atoms with Crippen LogP contribution in [-0.4, -0.2) is 16.0 Å². The molecule has 90 valence electrons. The van der Waals surface area contributed by atoms with Crippen LogP contribution in [0.25, 0.3) is 0 Å². The molecule has 2 aliphatic heterocycles. The highest BCUT2D eigenvalue weighted by molar-refractivity contribution is 5.90. The molecule has 0 bridgehead atoms. The fourth-order valence-corrected chi connectivity index (χ4v) is 2.08. The van der Waals surface area contributed by atoms with Crippen LogP contribution < -0.4 is 0 Å². The van der Waals surface area contributed by atoms with Crippen molar-refractivity contribution in [3.05, 3.63) is 71.6 Å². The Bertz CT molecular complexity index is 588. The summed E-state index contributed by atoms with van der Waals surface area (Å²) in [6.07, 6.45) is 15.0. The third-order valence-electron chi connectivity index (χ3n) is 2.95. The van der Waals surface area contributed by atoms with Gasteiger partial charge in [-0.05, 0) is 24.6 Å². The molecule has 4 heteroatoms. The number of carboxylic acids is 1. The Morgan fingerprint density at radius 2 is 2.28 bits per heavy atom. The van der Waals surface area contributed by atoms with E-state index >= 15 is 0 Å². The van der Waals surface area contributed by atoms with Crippen LogP contribution in [0.5, 0.6) is 0 Å². The number of allylic oxidation sites excluding steroid dienone is 5. The molecule has 0 spiro atoms. The number of hydrogen-bond donors (Lipinski definition) is 1. The fraction of sp³-hybridized carbons (Fsp3) is 0.0714. The zero-order valence-corrected chi connectivity index (χ0v) is 9.54. The van der Waals surface area contributed by atoms with E-state index in [4.69, 9.17) is 9.84 Å². The normalized spacial score (nSPS) is 20.6. The first-order valence-electron chi connectivity index (χ1n) is 5.61. The minimum atomic E-state index is -0.937. The third-order valence-corrected chi connectivity index (χ3v) is 2.95. The minimum Gasteiger partial charge on any atom is -0.478 e. The molecule has 0 aromatic carbocycles. The van der Waals surface area contributed by atoms with Gasteiger partial charge < -0.3 is 14.7 Å². The first-order valence-corrected chi connectivity index (χ1v) is 5.61. The standard InChI is InChI=1S/C14H11NO3/c16-14(17)10-5-6-12-11-3-1-2-4-13(11)18-8-7-15(12)9-10/h1-2,4-9H,3H2,(H,16,17). The van der Waals surface area contributed by atoms with Crippen molar-refractivity contribution in [1.29, 1.82) is 0 Å². The summed E-state index contributed by atoms with van der Waals surface area (Å²) in [4.78, 5) is 12.7. The summed E-state index contributed by atoms with van der Waals surface area (Å²) in [5, 5.41) is 8.99. The van der Waals surface area contributed by atoms with Gasteiger partial charge in [0.05, 0.1) is 11.3 Å². The average molecular weight is 241 g/mol. The van der Waals surface area contributed by atoms with Gasteiger partial charge in [0.1, 0.15) is 12.0 Å². The van der Waals surface area contributed by atoms with E-state index in [9.17, 15) is 4.79 Å². The molecular weight excluding hydrogens is 230 g/mol. The number of nitrogens with zero attached hydrogens (tertiary/aromatic N) is 1. The van der Waals surface area contributed by atoms with Crippen LogP contribution in [0.1, 0.15) is 6.42 Å².